The molecule has 0 aliphatic carbocycles. The average molecular weight is 358 g/mol. The number of hydrogen-bond acceptors (Lipinski definition) is 3. The normalized spacial score (nSPS) is 16.9. The van der Waals surface area contributed by atoms with E-state index in [2.05, 4.69) is 10.3 Å². The van der Waals surface area contributed by atoms with E-state index >= 15 is 0 Å². The van der Waals surface area contributed by atoms with Crippen molar-refractivity contribution < 1.29 is 14.0 Å². The number of rotatable bonds is 7. The number of carbonyl (C=O) groups excluding carboxylic acids is 2. The van der Waals surface area contributed by atoms with Crippen LogP contribution in [0.15, 0.2) is 36.7 Å². The first-order valence-electron chi connectivity index (χ1n) is 8.86. The number of carbonyl (C=O) groups is 2. The number of imidazole rings is 1. The van der Waals surface area contributed by atoms with Crippen LogP contribution >= 0.6 is 0 Å². The molecule has 1 aromatic heterocycles. The molecule has 1 N–H and O–H groups in total. The first kappa shape index (κ1) is 18.1. The number of hydrogen-bond donors (Lipinski definition) is 1. The van der Waals surface area contributed by atoms with Crippen molar-refractivity contribution in [3.05, 3.63) is 53.9 Å². The van der Waals surface area contributed by atoms with Gasteiger partial charge in [0.15, 0.2) is 0 Å². The van der Waals surface area contributed by atoms with Crippen molar-refractivity contribution in [1.29, 1.82) is 0 Å². The Morgan fingerprint density at radius 2 is 2.12 bits per heavy atom. The van der Waals surface area contributed by atoms with Crippen molar-refractivity contribution in [2.45, 2.75) is 38.8 Å². The third kappa shape index (κ3) is 4.47. The Bertz CT molecular complexity index is 772. The molecular formula is C19H23FN4O2. The Morgan fingerprint density at radius 1 is 1.35 bits per heavy atom. The average Bonchev–Trinajstić information content (AvgIpc) is 3.20. The Kier molecular flexibility index (Phi) is 5.65. The first-order chi connectivity index (χ1) is 12.5. The molecule has 1 aliphatic rings. The van der Waals surface area contributed by atoms with Gasteiger partial charge in [-0.1, -0.05) is 19.1 Å². The molecule has 0 spiro atoms. The van der Waals surface area contributed by atoms with Crippen molar-refractivity contribution in [2.75, 3.05) is 13.1 Å². The van der Waals surface area contributed by atoms with Crippen molar-refractivity contribution in [2.24, 2.45) is 0 Å². The molecule has 2 aromatic rings. The van der Waals surface area contributed by atoms with Gasteiger partial charge in [-0.25, -0.2) is 9.37 Å². The van der Waals surface area contributed by atoms with Crippen molar-refractivity contribution in [1.82, 2.24) is 19.8 Å². The Balaban J connectivity index is 1.48. The Morgan fingerprint density at radius 3 is 2.85 bits per heavy atom. The van der Waals surface area contributed by atoms with Gasteiger partial charge < -0.3 is 14.8 Å². The summed E-state index contributed by atoms with van der Waals surface area (Å²) in [6.07, 6.45) is 5.22. The van der Waals surface area contributed by atoms with Crippen LogP contribution < -0.4 is 5.32 Å². The smallest absolute Gasteiger partial charge is 0.240 e. The van der Waals surface area contributed by atoms with Crippen LogP contribution in [0.3, 0.4) is 0 Å². The summed E-state index contributed by atoms with van der Waals surface area (Å²) in [6.45, 7) is 3.28. The highest BCUT2D eigenvalue weighted by Crippen LogP contribution is 2.13. The zero-order valence-electron chi connectivity index (χ0n) is 14.8. The van der Waals surface area contributed by atoms with E-state index in [9.17, 15) is 14.0 Å². The maximum atomic E-state index is 12.9. The molecule has 26 heavy (non-hydrogen) atoms. The van der Waals surface area contributed by atoms with Crippen molar-refractivity contribution in [3.63, 3.8) is 0 Å². The number of aryl methyl sites for hydroxylation is 1. The zero-order valence-corrected chi connectivity index (χ0v) is 14.8. The Labute approximate surface area is 152 Å². The van der Waals surface area contributed by atoms with Crippen LogP contribution in [-0.2, 0) is 29.0 Å². The standard InChI is InChI=1S/C19H23FN4O2/c1-2-17-21-8-10-23(17)13-18(25)22-16-11-19(26)24(12-16)9-7-14-3-5-15(20)6-4-14/h3-6,8,10,16H,2,7,9,11-13H2,1H3,(H,22,25)/t16-/m0/s1. The molecule has 2 amide bonds. The van der Waals surface area contributed by atoms with Gasteiger partial charge in [0.05, 0.1) is 6.04 Å². The fourth-order valence-corrected chi connectivity index (χ4v) is 3.23. The minimum absolute atomic E-state index is 0.0364. The van der Waals surface area contributed by atoms with Crippen LogP contribution in [0, 0.1) is 5.82 Å². The Hall–Kier alpha value is -2.70. The molecule has 0 radical (unpaired) electrons. The molecular weight excluding hydrogens is 335 g/mol. The molecule has 1 fully saturated rings. The molecule has 3 rings (SSSR count). The van der Waals surface area contributed by atoms with Gasteiger partial charge in [0.25, 0.3) is 0 Å². The van der Waals surface area contributed by atoms with Gasteiger partial charge in [0.1, 0.15) is 18.2 Å². The SMILES string of the molecule is CCc1nccn1CC(=O)N[C@H]1CC(=O)N(CCc2ccc(F)cc2)C1. The van der Waals surface area contributed by atoms with Gasteiger partial charge in [0, 0.05) is 38.3 Å². The molecule has 1 atom stereocenters. The maximum Gasteiger partial charge on any atom is 0.240 e. The number of halogens is 1. The first-order valence-corrected chi connectivity index (χ1v) is 8.86. The van der Waals surface area contributed by atoms with E-state index in [1.807, 2.05) is 11.5 Å². The third-order valence-electron chi connectivity index (χ3n) is 4.60. The summed E-state index contributed by atoms with van der Waals surface area (Å²) in [6, 6.07) is 6.13. The molecule has 2 heterocycles. The second-order valence-electron chi connectivity index (χ2n) is 6.51. The van der Waals surface area contributed by atoms with Crippen molar-refractivity contribution >= 4 is 11.8 Å². The van der Waals surface area contributed by atoms with E-state index in [1.54, 1.807) is 29.4 Å². The van der Waals surface area contributed by atoms with Crippen LogP contribution in [0.4, 0.5) is 4.39 Å². The summed E-state index contributed by atoms with van der Waals surface area (Å²) < 4.78 is 14.8. The molecule has 1 aliphatic heterocycles. The molecule has 0 saturated carbocycles. The van der Waals surface area contributed by atoms with E-state index in [1.165, 1.54) is 12.1 Å². The quantitative estimate of drug-likeness (QED) is 0.817. The lowest BCUT2D eigenvalue weighted by Crippen LogP contribution is -2.39. The van der Waals surface area contributed by atoms with E-state index in [-0.39, 0.29) is 30.2 Å². The lowest BCUT2D eigenvalue weighted by Gasteiger charge is -2.17. The largest absolute Gasteiger partial charge is 0.350 e. The summed E-state index contributed by atoms with van der Waals surface area (Å²) in [4.78, 5) is 30.3. The number of nitrogens with one attached hydrogen (secondary N) is 1. The number of nitrogens with zero attached hydrogens (tertiary/aromatic N) is 3. The van der Waals surface area contributed by atoms with Gasteiger partial charge in [-0.3, -0.25) is 9.59 Å². The van der Waals surface area contributed by atoms with Crippen LogP contribution in [0.1, 0.15) is 24.7 Å². The van der Waals surface area contributed by atoms with E-state index in [4.69, 9.17) is 0 Å². The van der Waals surface area contributed by atoms with Gasteiger partial charge in [-0.15, -0.1) is 0 Å². The summed E-state index contributed by atoms with van der Waals surface area (Å²) in [5.74, 6) is 0.520. The van der Waals surface area contributed by atoms with Gasteiger partial charge in [0.2, 0.25) is 11.8 Å². The maximum absolute atomic E-state index is 12.9. The summed E-state index contributed by atoms with van der Waals surface area (Å²) >= 11 is 0. The lowest BCUT2D eigenvalue weighted by molar-refractivity contribution is -0.127. The van der Waals surface area contributed by atoms with E-state index in [0.29, 0.717) is 25.9 Å². The van der Waals surface area contributed by atoms with E-state index < -0.39 is 0 Å². The topological polar surface area (TPSA) is 67.2 Å². The van der Waals surface area contributed by atoms with E-state index in [0.717, 1.165) is 17.8 Å². The summed E-state index contributed by atoms with van der Waals surface area (Å²) in [7, 11) is 0. The van der Waals surface area contributed by atoms with Gasteiger partial charge >= 0.3 is 0 Å². The summed E-state index contributed by atoms with van der Waals surface area (Å²) in [5.41, 5.74) is 0.985. The van der Waals surface area contributed by atoms with Crippen LogP contribution in [-0.4, -0.2) is 45.4 Å². The minimum atomic E-state index is -0.266. The fourth-order valence-electron chi connectivity index (χ4n) is 3.23. The lowest BCUT2D eigenvalue weighted by atomic mass is 10.1. The monoisotopic (exact) mass is 358 g/mol. The zero-order chi connectivity index (χ0) is 18.5. The molecule has 6 nitrogen and oxygen atoms in total. The van der Waals surface area contributed by atoms with Crippen LogP contribution in [0.5, 0.6) is 0 Å². The second kappa shape index (κ2) is 8.12. The predicted molar refractivity (Wildman–Crippen MR) is 94.8 cm³/mol. The molecule has 1 saturated heterocycles. The molecule has 0 bridgehead atoms. The predicted octanol–water partition coefficient (Wildman–Crippen LogP) is 1.54. The molecule has 138 valence electrons. The second-order valence-corrected chi connectivity index (χ2v) is 6.51. The highest BCUT2D eigenvalue weighted by molar-refractivity contribution is 5.82. The summed E-state index contributed by atoms with van der Waals surface area (Å²) in [5, 5.41) is 2.93. The minimum Gasteiger partial charge on any atom is -0.350 e. The van der Waals surface area contributed by atoms with Gasteiger partial charge in [-0.2, -0.15) is 0 Å². The number of likely N-dealkylation sites (tertiary alicyclic amines) is 1. The van der Waals surface area contributed by atoms with Crippen molar-refractivity contribution in [3.8, 4) is 0 Å². The number of aromatic nitrogens is 2. The third-order valence-corrected chi connectivity index (χ3v) is 4.60. The highest BCUT2D eigenvalue weighted by Gasteiger charge is 2.30. The van der Waals surface area contributed by atoms with Crippen LogP contribution in [0.2, 0.25) is 0 Å². The molecule has 0 unspecified atom stereocenters. The fraction of sp³-hybridized carbons (Fsp3) is 0.421. The molecule has 7 heteroatoms. The van der Waals surface area contributed by atoms with Gasteiger partial charge in [-0.05, 0) is 24.1 Å². The highest BCUT2D eigenvalue weighted by atomic mass is 19.1. The van der Waals surface area contributed by atoms with Crippen LogP contribution in [0.25, 0.3) is 0 Å². The molecule has 1 aromatic carbocycles. The number of amides is 2. The number of benzene rings is 1.